The Balaban J connectivity index is 1.40. The maximum absolute atomic E-state index is 12.4. The van der Waals surface area contributed by atoms with E-state index in [1.807, 2.05) is 4.90 Å². The standard InChI is InChI=1S/C17H27N3OS2/c1-14(13-16-3-2-10-23-16)18-17(21)20-6-4-15(5-7-20)19-8-11-22-12-9-19/h2-3,10,14-15H,4-9,11-13H2,1H3,(H,18,21). The number of rotatable bonds is 4. The van der Waals surface area contributed by atoms with Crippen molar-refractivity contribution < 1.29 is 4.79 Å². The summed E-state index contributed by atoms with van der Waals surface area (Å²) in [5.74, 6) is 2.53. The highest BCUT2D eigenvalue weighted by Crippen LogP contribution is 2.20. The van der Waals surface area contributed by atoms with Crippen molar-refractivity contribution in [2.24, 2.45) is 0 Å². The van der Waals surface area contributed by atoms with Crippen molar-refractivity contribution in [3.8, 4) is 0 Å². The Morgan fingerprint density at radius 3 is 2.70 bits per heavy atom. The van der Waals surface area contributed by atoms with Crippen LogP contribution in [-0.2, 0) is 6.42 Å². The van der Waals surface area contributed by atoms with Crippen LogP contribution in [-0.4, -0.2) is 65.6 Å². The Bertz CT molecular complexity index is 480. The number of nitrogens with zero attached hydrogens (tertiary/aromatic N) is 2. The van der Waals surface area contributed by atoms with Gasteiger partial charge in [0.25, 0.3) is 0 Å². The molecular weight excluding hydrogens is 326 g/mol. The molecule has 1 unspecified atom stereocenters. The number of carbonyl (C=O) groups is 1. The van der Waals surface area contributed by atoms with Crippen molar-refractivity contribution in [1.82, 2.24) is 15.1 Å². The lowest BCUT2D eigenvalue weighted by Crippen LogP contribution is -2.52. The van der Waals surface area contributed by atoms with Crippen LogP contribution in [0, 0.1) is 0 Å². The van der Waals surface area contributed by atoms with Gasteiger partial charge in [-0.05, 0) is 31.2 Å². The lowest BCUT2D eigenvalue weighted by molar-refractivity contribution is 0.123. The topological polar surface area (TPSA) is 35.6 Å². The molecular formula is C17H27N3OS2. The second-order valence-corrected chi connectivity index (χ2v) is 8.76. The first-order valence-electron chi connectivity index (χ1n) is 8.62. The Morgan fingerprint density at radius 1 is 1.30 bits per heavy atom. The van der Waals surface area contributed by atoms with Gasteiger partial charge < -0.3 is 10.2 Å². The summed E-state index contributed by atoms with van der Waals surface area (Å²) >= 11 is 3.82. The van der Waals surface area contributed by atoms with Crippen LogP contribution >= 0.6 is 23.1 Å². The molecule has 0 aromatic carbocycles. The zero-order chi connectivity index (χ0) is 16.1. The molecule has 1 atom stereocenters. The minimum absolute atomic E-state index is 0.113. The van der Waals surface area contributed by atoms with Gasteiger partial charge in [-0.2, -0.15) is 11.8 Å². The third kappa shape index (κ3) is 4.88. The van der Waals surface area contributed by atoms with Gasteiger partial charge in [0.2, 0.25) is 0 Å². The first kappa shape index (κ1) is 17.1. The first-order chi connectivity index (χ1) is 11.2. The van der Waals surface area contributed by atoms with E-state index in [2.05, 4.69) is 46.4 Å². The number of hydrogen-bond donors (Lipinski definition) is 1. The number of thiophene rings is 1. The maximum Gasteiger partial charge on any atom is 0.317 e. The van der Waals surface area contributed by atoms with Gasteiger partial charge >= 0.3 is 6.03 Å². The minimum atomic E-state index is 0.113. The van der Waals surface area contributed by atoms with Crippen LogP contribution in [0.1, 0.15) is 24.6 Å². The summed E-state index contributed by atoms with van der Waals surface area (Å²) in [4.78, 5) is 18.4. The van der Waals surface area contributed by atoms with Crippen LogP contribution in [0.4, 0.5) is 4.79 Å². The molecule has 6 heteroatoms. The summed E-state index contributed by atoms with van der Waals surface area (Å²) in [5.41, 5.74) is 0. The third-order valence-electron chi connectivity index (χ3n) is 4.77. The van der Waals surface area contributed by atoms with Gasteiger partial charge in [-0.1, -0.05) is 6.07 Å². The van der Waals surface area contributed by atoms with Gasteiger partial charge in [0.05, 0.1) is 0 Å². The van der Waals surface area contributed by atoms with Crippen LogP contribution in [0.2, 0.25) is 0 Å². The average molecular weight is 354 g/mol. The van der Waals surface area contributed by atoms with Gasteiger partial charge in [-0.15, -0.1) is 11.3 Å². The molecule has 0 spiro atoms. The van der Waals surface area contributed by atoms with Crippen LogP contribution in [0.3, 0.4) is 0 Å². The summed E-state index contributed by atoms with van der Waals surface area (Å²) in [6.07, 6.45) is 3.17. The van der Waals surface area contributed by atoms with Crippen LogP contribution in [0.25, 0.3) is 0 Å². The highest BCUT2D eigenvalue weighted by Gasteiger charge is 2.28. The van der Waals surface area contributed by atoms with E-state index in [0.717, 1.165) is 32.4 Å². The number of piperidine rings is 1. The normalized spacial score (nSPS) is 22.0. The molecule has 23 heavy (non-hydrogen) atoms. The predicted octanol–water partition coefficient (Wildman–Crippen LogP) is 2.90. The van der Waals surface area contributed by atoms with E-state index in [1.165, 1.54) is 29.5 Å². The van der Waals surface area contributed by atoms with Crippen molar-refractivity contribution in [3.05, 3.63) is 22.4 Å². The highest BCUT2D eigenvalue weighted by atomic mass is 32.2. The number of amides is 2. The molecule has 0 radical (unpaired) electrons. The molecule has 1 aromatic rings. The zero-order valence-corrected chi connectivity index (χ0v) is 15.5. The molecule has 1 aromatic heterocycles. The van der Waals surface area contributed by atoms with E-state index in [1.54, 1.807) is 11.3 Å². The summed E-state index contributed by atoms with van der Waals surface area (Å²) in [5, 5.41) is 5.25. The van der Waals surface area contributed by atoms with Crippen LogP contribution in [0.5, 0.6) is 0 Å². The SMILES string of the molecule is CC(Cc1cccs1)NC(=O)N1CCC(N2CCSCC2)CC1. The average Bonchev–Trinajstić information content (AvgIpc) is 3.08. The molecule has 2 fully saturated rings. The smallest absolute Gasteiger partial charge is 0.317 e. The number of urea groups is 1. The van der Waals surface area contributed by atoms with E-state index >= 15 is 0 Å². The fourth-order valence-corrected chi connectivity index (χ4v) is 5.23. The van der Waals surface area contributed by atoms with Gasteiger partial charge in [0.1, 0.15) is 0 Å². The molecule has 1 N–H and O–H groups in total. The lowest BCUT2D eigenvalue weighted by atomic mass is 10.0. The summed E-state index contributed by atoms with van der Waals surface area (Å²) in [6, 6.07) is 5.19. The summed E-state index contributed by atoms with van der Waals surface area (Å²) in [7, 11) is 0. The largest absolute Gasteiger partial charge is 0.335 e. The first-order valence-corrected chi connectivity index (χ1v) is 10.7. The second kappa shape index (κ2) is 8.40. The molecule has 128 valence electrons. The molecule has 0 bridgehead atoms. The Hall–Kier alpha value is -0.720. The highest BCUT2D eigenvalue weighted by molar-refractivity contribution is 7.99. The van der Waals surface area contributed by atoms with Gasteiger partial charge in [0.15, 0.2) is 0 Å². The molecule has 2 amide bonds. The number of hydrogen-bond acceptors (Lipinski definition) is 4. The van der Waals surface area contributed by atoms with Crippen molar-refractivity contribution >= 4 is 29.1 Å². The molecule has 2 aliphatic heterocycles. The summed E-state index contributed by atoms with van der Waals surface area (Å²) in [6.45, 7) is 6.33. The zero-order valence-electron chi connectivity index (χ0n) is 13.9. The number of thioether (sulfide) groups is 1. The minimum Gasteiger partial charge on any atom is -0.335 e. The lowest BCUT2D eigenvalue weighted by Gasteiger charge is -2.40. The number of nitrogens with one attached hydrogen (secondary N) is 1. The fourth-order valence-electron chi connectivity index (χ4n) is 3.46. The van der Waals surface area contributed by atoms with Crippen molar-refractivity contribution in [3.63, 3.8) is 0 Å². The Labute approximate surface area is 147 Å². The third-order valence-corrected chi connectivity index (χ3v) is 6.61. The predicted molar refractivity (Wildman–Crippen MR) is 99.5 cm³/mol. The molecule has 3 heterocycles. The maximum atomic E-state index is 12.4. The fraction of sp³-hybridized carbons (Fsp3) is 0.706. The van der Waals surface area contributed by atoms with Gasteiger partial charge in [-0.25, -0.2) is 4.79 Å². The van der Waals surface area contributed by atoms with Crippen molar-refractivity contribution in [2.45, 2.75) is 38.3 Å². The van der Waals surface area contributed by atoms with Crippen molar-refractivity contribution in [2.75, 3.05) is 37.7 Å². The number of likely N-dealkylation sites (tertiary alicyclic amines) is 1. The monoisotopic (exact) mass is 353 g/mol. The van der Waals surface area contributed by atoms with Crippen LogP contribution in [0.15, 0.2) is 17.5 Å². The van der Waals surface area contributed by atoms with E-state index in [4.69, 9.17) is 0 Å². The summed E-state index contributed by atoms with van der Waals surface area (Å²) < 4.78 is 0. The molecule has 3 rings (SSSR count). The molecule has 2 aliphatic rings. The van der Waals surface area contributed by atoms with E-state index < -0.39 is 0 Å². The Kier molecular flexibility index (Phi) is 6.25. The second-order valence-electron chi connectivity index (χ2n) is 6.50. The van der Waals surface area contributed by atoms with Gasteiger partial charge in [0, 0.05) is 61.1 Å². The van der Waals surface area contributed by atoms with Gasteiger partial charge in [-0.3, -0.25) is 4.90 Å². The van der Waals surface area contributed by atoms with E-state index in [9.17, 15) is 4.79 Å². The molecule has 2 saturated heterocycles. The Morgan fingerprint density at radius 2 is 2.04 bits per heavy atom. The van der Waals surface area contributed by atoms with E-state index in [-0.39, 0.29) is 12.1 Å². The number of carbonyl (C=O) groups excluding carboxylic acids is 1. The molecule has 0 saturated carbocycles. The van der Waals surface area contributed by atoms with Crippen molar-refractivity contribution in [1.29, 1.82) is 0 Å². The van der Waals surface area contributed by atoms with E-state index in [0.29, 0.717) is 6.04 Å². The quantitative estimate of drug-likeness (QED) is 0.904. The molecule has 0 aliphatic carbocycles. The van der Waals surface area contributed by atoms with Crippen LogP contribution < -0.4 is 5.32 Å². The molecule has 4 nitrogen and oxygen atoms in total.